The number of nitrogens with zero attached hydrogens (tertiary/aromatic N) is 1. The molecule has 0 aromatic heterocycles. The SMILES string of the molecule is CN1CCCC[C@@H]1CCC(=O)NC1CCS(=O)(=O)CC1. The molecule has 0 saturated carbocycles. The van der Waals surface area contributed by atoms with E-state index in [9.17, 15) is 13.2 Å². The Balaban J connectivity index is 1.68. The van der Waals surface area contributed by atoms with Crippen molar-refractivity contribution in [1.29, 1.82) is 0 Å². The summed E-state index contributed by atoms with van der Waals surface area (Å²) in [7, 11) is -0.713. The molecule has 1 amide bonds. The minimum absolute atomic E-state index is 0.0510. The molecule has 6 heteroatoms. The maximum Gasteiger partial charge on any atom is 0.220 e. The molecular weight excluding hydrogens is 276 g/mol. The van der Waals surface area contributed by atoms with Gasteiger partial charge in [0.1, 0.15) is 9.84 Å². The summed E-state index contributed by atoms with van der Waals surface area (Å²) in [5.41, 5.74) is 0. The number of piperidine rings is 1. The highest BCUT2D eigenvalue weighted by Crippen LogP contribution is 2.19. The van der Waals surface area contributed by atoms with Crippen molar-refractivity contribution in [2.24, 2.45) is 0 Å². The van der Waals surface area contributed by atoms with Gasteiger partial charge in [-0.3, -0.25) is 4.79 Å². The number of hydrogen-bond acceptors (Lipinski definition) is 4. The summed E-state index contributed by atoms with van der Waals surface area (Å²) in [6, 6.07) is 0.580. The van der Waals surface area contributed by atoms with Crippen LogP contribution in [0.25, 0.3) is 0 Å². The average Bonchev–Trinajstić information content (AvgIpc) is 2.40. The van der Waals surface area contributed by atoms with Crippen LogP contribution in [-0.2, 0) is 14.6 Å². The van der Waals surface area contributed by atoms with E-state index in [1.807, 2.05) is 0 Å². The lowest BCUT2D eigenvalue weighted by molar-refractivity contribution is -0.122. The van der Waals surface area contributed by atoms with Crippen molar-refractivity contribution in [3.63, 3.8) is 0 Å². The Morgan fingerprint density at radius 3 is 2.55 bits per heavy atom. The van der Waals surface area contributed by atoms with Gasteiger partial charge in [-0.25, -0.2) is 8.42 Å². The molecule has 0 unspecified atom stereocenters. The number of amides is 1. The highest BCUT2D eigenvalue weighted by Gasteiger charge is 2.25. The van der Waals surface area contributed by atoms with E-state index >= 15 is 0 Å². The third-order valence-corrected chi connectivity index (χ3v) is 6.26. The Kier molecular flexibility index (Phi) is 5.43. The van der Waals surface area contributed by atoms with Crippen LogP contribution >= 0.6 is 0 Å². The quantitative estimate of drug-likeness (QED) is 0.839. The predicted molar refractivity (Wildman–Crippen MR) is 79.3 cm³/mol. The first-order valence-electron chi connectivity index (χ1n) is 7.66. The van der Waals surface area contributed by atoms with Gasteiger partial charge >= 0.3 is 0 Å². The molecule has 0 aromatic rings. The van der Waals surface area contributed by atoms with E-state index in [0.717, 1.165) is 13.0 Å². The first kappa shape index (κ1) is 15.8. The van der Waals surface area contributed by atoms with Gasteiger partial charge in [-0.2, -0.15) is 0 Å². The summed E-state index contributed by atoms with van der Waals surface area (Å²) < 4.78 is 22.7. The van der Waals surface area contributed by atoms with Gasteiger partial charge in [-0.15, -0.1) is 0 Å². The Morgan fingerprint density at radius 2 is 1.90 bits per heavy atom. The Hall–Kier alpha value is -0.620. The van der Waals surface area contributed by atoms with Gasteiger partial charge in [0.15, 0.2) is 0 Å². The smallest absolute Gasteiger partial charge is 0.220 e. The van der Waals surface area contributed by atoms with E-state index in [4.69, 9.17) is 0 Å². The van der Waals surface area contributed by atoms with Gasteiger partial charge in [0.2, 0.25) is 5.91 Å². The molecule has 2 rings (SSSR count). The van der Waals surface area contributed by atoms with Gasteiger partial charge in [0.05, 0.1) is 11.5 Å². The van der Waals surface area contributed by atoms with Crippen LogP contribution in [0, 0.1) is 0 Å². The number of nitrogens with one attached hydrogen (secondary N) is 1. The topological polar surface area (TPSA) is 66.5 Å². The molecule has 2 heterocycles. The molecule has 0 bridgehead atoms. The molecule has 20 heavy (non-hydrogen) atoms. The number of likely N-dealkylation sites (tertiary alicyclic amines) is 1. The van der Waals surface area contributed by atoms with Crippen molar-refractivity contribution in [2.75, 3.05) is 25.1 Å². The molecule has 2 saturated heterocycles. The predicted octanol–water partition coefficient (Wildman–Crippen LogP) is 0.944. The van der Waals surface area contributed by atoms with Crippen molar-refractivity contribution in [2.45, 2.75) is 57.0 Å². The molecule has 0 spiro atoms. The molecule has 2 aliphatic rings. The first-order valence-corrected chi connectivity index (χ1v) is 9.48. The van der Waals surface area contributed by atoms with Crippen LogP contribution in [0.4, 0.5) is 0 Å². The van der Waals surface area contributed by atoms with Crippen LogP contribution in [0.1, 0.15) is 44.9 Å². The molecule has 0 radical (unpaired) electrons. The van der Waals surface area contributed by atoms with Crippen molar-refractivity contribution in [3.8, 4) is 0 Å². The van der Waals surface area contributed by atoms with E-state index in [1.165, 1.54) is 19.3 Å². The summed E-state index contributed by atoms with van der Waals surface area (Å²) in [6.45, 7) is 1.13. The monoisotopic (exact) mass is 302 g/mol. The highest BCUT2D eigenvalue weighted by molar-refractivity contribution is 7.91. The van der Waals surface area contributed by atoms with Gasteiger partial charge in [0, 0.05) is 18.5 Å². The molecule has 2 aliphatic heterocycles. The van der Waals surface area contributed by atoms with E-state index in [2.05, 4.69) is 17.3 Å². The molecule has 1 N–H and O–H groups in total. The Bertz CT molecular complexity index is 422. The van der Waals surface area contributed by atoms with Crippen molar-refractivity contribution in [1.82, 2.24) is 10.2 Å². The van der Waals surface area contributed by atoms with E-state index in [-0.39, 0.29) is 23.5 Å². The molecule has 1 atom stereocenters. The van der Waals surface area contributed by atoms with E-state index in [1.54, 1.807) is 0 Å². The molecule has 116 valence electrons. The molecule has 5 nitrogen and oxygen atoms in total. The second kappa shape index (κ2) is 6.89. The standard InChI is InChI=1S/C14H26N2O3S/c1-16-9-3-2-4-13(16)5-6-14(17)15-12-7-10-20(18,19)11-8-12/h12-13H,2-11H2,1H3,(H,15,17)/t13-/m1/s1. The molecule has 0 aliphatic carbocycles. The number of carbonyl (C=O) groups excluding carboxylic acids is 1. The second-order valence-electron chi connectivity index (χ2n) is 6.16. The zero-order valence-electron chi connectivity index (χ0n) is 12.3. The van der Waals surface area contributed by atoms with Gasteiger partial charge in [0.25, 0.3) is 0 Å². The normalized spacial score (nSPS) is 28.1. The van der Waals surface area contributed by atoms with Gasteiger partial charge < -0.3 is 10.2 Å². The van der Waals surface area contributed by atoms with E-state index in [0.29, 0.717) is 25.3 Å². The molecule has 2 fully saturated rings. The highest BCUT2D eigenvalue weighted by atomic mass is 32.2. The summed E-state index contributed by atoms with van der Waals surface area (Å²) >= 11 is 0. The minimum atomic E-state index is -2.85. The Morgan fingerprint density at radius 1 is 1.20 bits per heavy atom. The number of hydrogen-bond donors (Lipinski definition) is 1. The maximum atomic E-state index is 11.9. The zero-order valence-corrected chi connectivity index (χ0v) is 13.1. The number of sulfone groups is 1. The third kappa shape index (κ3) is 4.74. The summed E-state index contributed by atoms with van der Waals surface area (Å²) in [4.78, 5) is 14.3. The number of rotatable bonds is 4. The fourth-order valence-corrected chi connectivity index (χ4v) is 4.63. The van der Waals surface area contributed by atoms with Crippen LogP contribution in [0.5, 0.6) is 0 Å². The largest absolute Gasteiger partial charge is 0.353 e. The Labute approximate surface area is 122 Å². The van der Waals surface area contributed by atoms with Crippen LogP contribution in [0.15, 0.2) is 0 Å². The van der Waals surface area contributed by atoms with Crippen LogP contribution < -0.4 is 5.32 Å². The number of carbonyl (C=O) groups is 1. The summed E-state index contributed by atoms with van der Waals surface area (Å²) in [5, 5.41) is 2.99. The maximum absolute atomic E-state index is 11.9. The van der Waals surface area contributed by atoms with Crippen LogP contribution in [-0.4, -0.2) is 56.4 Å². The zero-order chi connectivity index (χ0) is 14.6. The third-order valence-electron chi connectivity index (χ3n) is 4.55. The fourth-order valence-electron chi connectivity index (χ4n) is 3.14. The van der Waals surface area contributed by atoms with Gasteiger partial charge in [-0.05, 0) is 45.7 Å². The first-order chi connectivity index (χ1) is 9.46. The van der Waals surface area contributed by atoms with E-state index < -0.39 is 9.84 Å². The lowest BCUT2D eigenvalue weighted by Crippen LogP contribution is -2.42. The summed E-state index contributed by atoms with van der Waals surface area (Å²) in [6.07, 6.45) is 6.30. The molecular formula is C14H26N2O3S. The minimum Gasteiger partial charge on any atom is -0.353 e. The van der Waals surface area contributed by atoms with Crippen molar-refractivity contribution < 1.29 is 13.2 Å². The average molecular weight is 302 g/mol. The van der Waals surface area contributed by atoms with Gasteiger partial charge in [-0.1, -0.05) is 6.42 Å². The van der Waals surface area contributed by atoms with Crippen LogP contribution in [0.3, 0.4) is 0 Å². The molecule has 0 aromatic carbocycles. The van der Waals surface area contributed by atoms with Crippen LogP contribution in [0.2, 0.25) is 0 Å². The lowest BCUT2D eigenvalue weighted by atomic mass is 9.98. The lowest BCUT2D eigenvalue weighted by Gasteiger charge is -2.32. The van der Waals surface area contributed by atoms with Crippen molar-refractivity contribution >= 4 is 15.7 Å². The second-order valence-corrected chi connectivity index (χ2v) is 8.47. The summed E-state index contributed by atoms with van der Waals surface area (Å²) in [5.74, 6) is 0.500. The van der Waals surface area contributed by atoms with Crippen molar-refractivity contribution in [3.05, 3.63) is 0 Å². The fraction of sp³-hybridized carbons (Fsp3) is 0.929.